The van der Waals surface area contributed by atoms with Crippen LogP contribution in [0, 0.1) is 5.82 Å². The van der Waals surface area contributed by atoms with Gasteiger partial charge in [-0.05, 0) is 56.2 Å². The predicted octanol–water partition coefficient (Wildman–Crippen LogP) is 3.57. The molecule has 32 heavy (non-hydrogen) atoms. The van der Waals surface area contributed by atoms with E-state index in [-0.39, 0.29) is 42.7 Å². The Bertz CT molecular complexity index is 863. The molecule has 0 spiro atoms. The second kappa shape index (κ2) is 9.69. The molecule has 1 aromatic carbocycles. The van der Waals surface area contributed by atoms with E-state index in [0.29, 0.717) is 12.1 Å². The molecular weight excluding hydrogens is 411 g/mol. The summed E-state index contributed by atoms with van der Waals surface area (Å²) in [7, 11) is 1.72. The van der Waals surface area contributed by atoms with E-state index in [1.807, 2.05) is 0 Å². The number of benzene rings is 1. The molecule has 1 aliphatic carbocycles. The highest BCUT2D eigenvalue weighted by Crippen LogP contribution is 2.43. The molecule has 3 fully saturated rings. The van der Waals surface area contributed by atoms with Crippen LogP contribution in [0.15, 0.2) is 24.3 Å². The highest BCUT2D eigenvalue weighted by molar-refractivity contribution is 6.11. The molecule has 0 bridgehead atoms. The van der Waals surface area contributed by atoms with Gasteiger partial charge < -0.3 is 9.64 Å². The number of imide groups is 1. The van der Waals surface area contributed by atoms with Gasteiger partial charge in [-0.1, -0.05) is 25.0 Å². The standard InChI is InChI=1S/C25H33FN2O4/c1-27(13-12-21-11-4-5-14-32-21)22(29)16-25(18-7-6-8-19(26)15-18)17-23(30)28(24(25)31)20-9-2-3-10-20/h6-8,15,20-21H,2-5,9-14,16-17H2,1H3. The van der Waals surface area contributed by atoms with E-state index in [2.05, 4.69) is 0 Å². The third kappa shape index (κ3) is 4.58. The van der Waals surface area contributed by atoms with Gasteiger partial charge in [0.05, 0.1) is 11.5 Å². The first-order chi connectivity index (χ1) is 15.4. The lowest BCUT2D eigenvalue weighted by atomic mass is 9.75. The number of amides is 3. The van der Waals surface area contributed by atoms with Gasteiger partial charge in [-0.25, -0.2) is 4.39 Å². The molecule has 2 saturated heterocycles. The van der Waals surface area contributed by atoms with Crippen LogP contribution in [0.1, 0.15) is 69.8 Å². The molecule has 4 rings (SSSR count). The lowest BCUT2D eigenvalue weighted by molar-refractivity contribution is -0.144. The fourth-order valence-corrected chi connectivity index (χ4v) is 5.44. The summed E-state index contributed by atoms with van der Waals surface area (Å²) < 4.78 is 19.9. The van der Waals surface area contributed by atoms with Crippen molar-refractivity contribution >= 4 is 17.7 Å². The van der Waals surface area contributed by atoms with Gasteiger partial charge in [0.15, 0.2) is 0 Å². The Morgan fingerprint density at radius 1 is 1.19 bits per heavy atom. The molecule has 2 unspecified atom stereocenters. The van der Waals surface area contributed by atoms with Gasteiger partial charge >= 0.3 is 0 Å². The molecule has 2 aliphatic heterocycles. The average Bonchev–Trinajstić information content (AvgIpc) is 3.39. The molecule has 3 amide bonds. The van der Waals surface area contributed by atoms with E-state index in [4.69, 9.17) is 4.74 Å². The Labute approximate surface area is 189 Å². The number of carbonyl (C=O) groups excluding carboxylic acids is 3. The molecule has 1 aromatic rings. The van der Waals surface area contributed by atoms with E-state index in [0.717, 1.165) is 58.0 Å². The monoisotopic (exact) mass is 444 g/mol. The van der Waals surface area contributed by atoms with Crippen molar-refractivity contribution in [3.05, 3.63) is 35.6 Å². The fraction of sp³-hybridized carbons (Fsp3) is 0.640. The number of nitrogens with zero attached hydrogens (tertiary/aromatic N) is 2. The molecule has 6 nitrogen and oxygen atoms in total. The summed E-state index contributed by atoms with van der Waals surface area (Å²) in [5, 5.41) is 0. The summed E-state index contributed by atoms with van der Waals surface area (Å²) >= 11 is 0. The number of carbonyl (C=O) groups is 3. The third-order valence-electron chi connectivity index (χ3n) is 7.36. The number of rotatable bonds is 7. The van der Waals surface area contributed by atoms with Crippen LogP contribution in [0.2, 0.25) is 0 Å². The summed E-state index contributed by atoms with van der Waals surface area (Å²) in [6.07, 6.45) is 7.46. The van der Waals surface area contributed by atoms with Gasteiger partial charge in [0, 0.05) is 39.1 Å². The van der Waals surface area contributed by atoms with Crippen LogP contribution in [0.5, 0.6) is 0 Å². The van der Waals surface area contributed by atoms with E-state index >= 15 is 0 Å². The van der Waals surface area contributed by atoms with Crippen LogP contribution >= 0.6 is 0 Å². The molecule has 7 heteroatoms. The summed E-state index contributed by atoms with van der Waals surface area (Å²) in [4.78, 5) is 42.9. The van der Waals surface area contributed by atoms with E-state index < -0.39 is 11.2 Å². The van der Waals surface area contributed by atoms with E-state index in [9.17, 15) is 18.8 Å². The van der Waals surface area contributed by atoms with E-state index in [1.54, 1.807) is 18.0 Å². The van der Waals surface area contributed by atoms with Crippen molar-refractivity contribution in [3.63, 3.8) is 0 Å². The molecule has 174 valence electrons. The van der Waals surface area contributed by atoms with Gasteiger partial charge in [-0.15, -0.1) is 0 Å². The van der Waals surface area contributed by atoms with Crippen molar-refractivity contribution in [2.75, 3.05) is 20.2 Å². The number of hydrogen-bond donors (Lipinski definition) is 0. The fourth-order valence-electron chi connectivity index (χ4n) is 5.44. The highest BCUT2D eigenvalue weighted by atomic mass is 19.1. The smallest absolute Gasteiger partial charge is 0.241 e. The predicted molar refractivity (Wildman–Crippen MR) is 117 cm³/mol. The lowest BCUT2D eigenvalue weighted by Crippen LogP contribution is -2.45. The second-order valence-electron chi connectivity index (χ2n) is 9.55. The molecular formula is C25H33FN2O4. The van der Waals surface area contributed by atoms with Crippen molar-refractivity contribution in [1.82, 2.24) is 9.80 Å². The first-order valence-electron chi connectivity index (χ1n) is 11.9. The van der Waals surface area contributed by atoms with Crippen molar-refractivity contribution in [3.8, 4) is 0 Å². The van der Waals surface area contributed by atoms with Gasteiger partial charge in [0.1, 0.15) is 5.82 Å². The van der Waals surface area contributed by atoms with Crippen LogP contribution < -0.4 is 0 Å². The maximum absolute atomic E-state index is 14.1. The van der Waals surface area contributed by atoms with Gasteiger partial charge in [0.25, 0.3) is 0 Å². The third-order valence-corrected chi connectivity index (χ3v) is 7.36. The van der Waals surface area contributed by atoms with Crippen molar-refractivity contribution in [2.24, 2.45) is 0 Å². The zero-order chi connectivity index (χ0) is 22.7. The maximum Gasteiger partial charge on any atom is 0.241 e. The van der Waals surface area contributed by atoms with Crippen molar-refractivity contribution in [2.45, 2.75) is 81.8 Å². The topological polar surface area (TPSA) is 66.9 Å². The highest BCUT2D eigenvalue weighted by Gasteiger charge is 2.55. The molecule has 1 saturated carbocycles. The van der Waals surface area contributed by atoms with Crippen molar-refractivity contribution in [1.29, 1.82) is 0 Å². The zero-order valence-corrected chi connectivity index (χ0v) is 18.9. The molecule has 2 atom stereocenters. The van der Waals surface area contributed by atoms with Crippen LogP contribution in [0.3, 0.4) is 0 Å². The summed E-state index contributed by atoms with van der Waals surface area (Å²) in [5.41, 5.74) is -0.928. The van der Waals surface area contributed by atoms with E-state index in [1.165, 1.54) is 23.1 Å². The molecule has 0 aromatic heterocycles. The van der Waals surface area contributed by atoms with Crippen LogP contribution in [-0.2, 0) is 24.5 Å². The normalized spacial score (nSPS) is 26.7. The molecule has 2 heterocycles. The van der Waals surface area contributed by atoms with Gasteiger partial charge in [-0.2, -0.15) is 0 Å². The molecule has 0 radical (unpaired) electrons. The van der Waals surface area contributed by atoms with Crippen LogP contribution in [0.4, 0.5) is 4.39 Å². The maximum atomic E-state index is 14.1. The summed E-state index contributed by atoms with van der Waals surface area (Å²) in [6.45, 7) is 1.29. The van der Waals surface area contributed by atoms with Gasteiger partial charge in [-0.3, -0.25) is 19.3 Å². The first-order valence-corrected chi connectivity index (χ1v) is 11.9. The largest absolute Gasteiger partial charge is 0.378 e. The zero-order valence-electron chi connectivity index (χ0n) is 18.9. The Balaban J connectivity index is 1.54. The minimum absolute atomic E-state index is 0.0862. The Hall–Kier alpha value is -2.28. The van der Waals surface area contributed by atoms with Crippen molar-refractivity contribution < 1.29 is 23.5 Å². The first kappa shape index (κ1) is 22.9. The number of likely N-dealkylation sites (tertiary alicyclic amines) is 1. The van der Waals surface area contributed by atoms with Crippen LogP contribution in [0.25, 0.3) is 0 Å². The number of halogens is 1. The number of hydrogen-bond acceptors (Lipinski definition) is 4. The lowest BCUT2D eigenvalue weighted by Gasteiger charge is -2.31. The van der Waals surface area contributed by atoms with Crippen LogP contribution in [-0.4, -0.2) is 59.9 Å². The molecule has 0 N–H and O–H groups in total. The Kier molecular flexibility index (Phi) is 6.93. The Morgan fingerprint density at radius 3 is 2.62 bits per heavy atom. The second-order valence-corrected chi connectivity index (χ2v) is 9.55. The summed E-state index contributed by atoms with van der Waals surface area (Å²) in [5.74, 6) is -1.29. The molecule has 3 aliphatic rings. The Morgan fingerprint density at radius 2 is 1.94 bits per heavy atom. The minimum Gasteiger partial charge on any atom is -0.378 e. The average molecular weight is 445 g/mol. The quantitative estimate of drug-likeness (QED) is 0.603. The SMILES string of the molecule is CN(CCC1CCCCO1)C(=O)CC1(c2cccc(F)c2)CC(=O)N(C2CCCC2)C1=O. The van der Waals surface area contributed by atoms with Gasteiger partial charge in [0.2, 0.25) is 17.7 Å². The summed E-state index contributed by atoms with van der Waals surface area (Å²) in [6, 6.07) is 5.70. The number of ether oxygens (including phenoxy) is 1. The minimum atomic E-state index is -1.34.